The maximum absolute atomic E-state index is 6.00. The molecule has 0 aliphatic carbocycles. The van der Waals surface area contributed by atoms with E-state index in [9.17, 15) is 0 Å². The maximum Gasteiger partial charge on any atom is 0.196 e. The molecule has 2 heterocycles. The lowest BCUT2D eigenvalue weighted by atomic mass is 10.1. The second-order valence-corrected chi connectivity index (χ2v) is 7.13. The van der Waals surface area contributed by atoms with Crippen LogP contribution in [0.3, 0.4) is 0 Å². The summed E-state index contributed by atoms with van der Waals surface area (Å²) < 4.78 is 6.00. The van der Waals surface area contributed by atoms with Crippen LogP contribution in [0.2, 0.25) is 0 Å². The molecule has 2 aromatic heterocycles. The van der Waals surface area contributed by atoms with E-state index < -0.39 is 0 Å². The van der Waals surface area contributed by atoms with Gasteiger partial charge in [0.05, 0.1) is 0 Å². The Labute approximate surface area is 159 Å². The molecule has 138 valence electrons. The molecule has 5 nitrogen and oxygen atoms in total. The number of nitrogens with one attached hydrogen (secondary N) is 1. The molecule has 0 bridgehead atoms. The Bertz CT molecular complexity index is 1070. The van der Waals surface area contributed by atoms with E-state index >= 15 is 0 Å². The lowest BCUT2D eigenvalue weighted by Crippen LogP contribution is -2.26. The van der Waals surface area contributed by atoms with Crippen LogP contribution in [0.25, 0.3) is 22.1 Å². The molecule has 1 N–H and O–H groups in total. The molecule has 27 heavy (non-hydrogen) atoms. The largest absolute Gasteiger partial charge is 0.450 e. The zero-order chi connectivity index (χ0) is 18.8. The third-order valence-corrected chi connectivity index (χ3v) is 5.02. The summed E-state index contributed by atoms with van der Waals surface area (Å²) in [5, 5.41) is 4.46. The highest BCUT2D eigenvalue weighted by atomic mass is 16.3. The van der Waals surface area contributed by atoms with Gasteiger partial charge in [0.15, 0.2) is 11.4 Å². The number of hydrogen-bond acceptors (Lipinski definition) is 5. The molecule has 0 aliphatic rings. The van der Waals surface area contributed by atoms with Gasteiger partial charge in [0, 0.05) is 24.5 Å². The summed E-state index contributed by atoms with van der Waals surface area (Å²) in [7, 11) is 2.15. The van der Waals surface area contributed by atoms with E-state index in [1.54, 1.807) is 6.33 Å². The smallest absolute Gasteiger partial charge is 0.196 e. The average molecular weight is 360 g/mol. The highest BCUT2D eigenvalue weighted by molar-refractivity contribution is 6.05. The van der Waals surface area contributed by atoms with Crippen molar-refractivity contribution in [2.75, 3.05) is 12.4 Å². The molecular weight excluding hydrogens is 336 g/mol. The van der Waals surface area contributed by atoms with Crippen LogP contribution in [-0.4, -0.2) is 28.0 Å². The van der Waals surface area contributed by atoms with E-state index in [-0.39, 0.29) is 0 Å². The van der Waals surface area contributed by atoms with Crippen molar-refractivity contribution in [1.29, 1.82) is 0 Å². The van der Waals surface area contributed by atoms with Crippen molar-refractivity contribution in [3.8, 4) is 0 Å². The summed E-state index contributed by atoms with van der Waals surface area (Å²) >= 11 is 0. The van der Waals surface area contributed by atoms with E-state index in [0.717, 1.165) is 28.8 Å². The second kappa shape index (κ2) is 7.37. The number of aromatic nitrogens is 2. The first kappa shape index (κ1) is 17.5. The summed E-state index contributed by atoms with van der Waals surface area (Å²) in [5.74, 6) is 0.725. The van der Waals surface area contributed by atoms with E-state index in [1.165, 1.54) is 11.1 Å². The van der Waals surface area contributed by atoms with Crippen molar-refractivity contribution in [3.63, 3.8) is 0 Å². The molecule has 4 rings (SSSR count). The molecule has 0 fully saturated rings. The zero-order valence-corrected chi connectivity index (χ0v) is 15.9. The van der Waals surface area contributed by atoms with Gasteiger partial charge in [0.2, 0.25) is 0 Å². The molecule has 0 amide bonds. The molecule has 0 aliphatic heterocycles. The van der Waals surface area contributed by atoms with E-state index in [4.69, 9.17) is 4.42 Å². The van der Waals surface area contributed by atoms with Crippen molar-refractivity contribution < 1.29 is 4.42 Å². The van der Waals surface area contributed by atoms with Gasteiger partial charge in [-0.15, -0.1) is 0 Å². The van der Waals surface area contributed by atoms with Crippen LogP contribution in [-0.2, 0) is 13.1 Å². The van der Waals surface area contributed by atoms with Crippen LogP contribution in [0, 0.1) is 0 Å². The van der Waals surface area contributed by atoms with Crippen LogP contribution < -0.4 is 5.32 Å². The molecule has 0 radical (unpaired) electrons. The van der Waals surface area contributed by atoms with E-state index in [0.29, 0.717) is 18.2 Å². The Balaban J connectivity index is 1.61. The molecule has 0 atom stereocenters. The van der Waals surface area contributed by atoms with Gasteiger partial charge in [-0.05, 0) is 44.2 Å². The SMILES string of the molecule is CC(C)N(C)Cc1ccccc1CNc1ncnc2c1oc1ccccc12. The number of furan rings is 1. The monoisotopic (exact) mass is 360 g/mol. The van der Waals surface area contributed by atoms with Crippen molar-refractivity contribution in [2.24, 2.45) is 0 Å². The predicted octanol–water partition coefficient (Wildman–Crippen LogP) is 4.83. The quantitative estimate of drug-likeness (QED) is 0.534. The normalized spacial score (nSPS) is 11.7. The first-order valence-corrected chi connectivity index (χ1v) is 9.26. The third-order valence-electron chi connectivity index (χ3n) is 5.02. The highest BCUT2D eigenvalue weighted by Gasteiger charge is 2.13. The number of fused-ring (bicyclic) bond motifs is 3. The maximum atomic E-state index is 6.00. The first-order valence-electron chi connectivity index (χ1n) is 9.26. The van der Waals surface area contributed by atoms with Crippen molar-refractivity contribution >= 4 is 27.9 Å². The zero-order valence-electron chi connectivity index (χ0n) is 15.9. The standard InChI is InChI=1S/C22H24N4O/c1-15(2)26(3)13-17-9-5-4-8-16(17)12-23-22-21-20(24-14-25-22)18-10-6-7-11-19(18)27-21/h4-11,14-15H,12-13H2,1-3H3,(H,23,24,25). The van der Waals surface area contributed by atoms with Crippen LogP contribution in [0.15, 0.2) is 59.3 Å². The Morgan fingerprint density at radius 2 is 1.74 bits per heavy atom. The molecular formula is C22H24N4O. The fraction of sp³-hybridized carbons (Fsp3) is 0.273. The number of anilines is 1. The second-order valence-electron chi connectivity index (χ2n) is 7.13. The third kappa shape index (κ3) is 3.51. The molecule has 5 heteroatoms. The summed E-state index contributed by atoms with van der Waals surface area (Å²) in [6.45, 7) is 6.02. The summed E-state index contributed by atoms with van der Waals surface area (Å²) in [6.07, 6.45) is 1.59. The summed E-state index contributed by atoms with van der Waals surface area (Å²) in [4.78, 5) is 11.2. The van der Waals surface area contributed by atoms with Crippen molar-refractivity contribution in [1.82, 2.24) is 14.9 Å². The Morgan fingerprint density at radius 3 is 2.56 bits per heavy atom. The topological polar surface area (TPSA) is 54.2 Å². The van der Waals surface area contributed by atoms with Gasteiger partial charge in [-0.25, -0.2) is 9.97 Å². The molecule has 0 saturated heterocycles. The fourth-order valence-corrected chi connectivity index (χ4v) is 3.16. The van der Waals surface area contributed by atoms with Gasteiger partial charge < -0.3 is 9.73 Å². The fourth-order valence-electron chi connectivity index (χ4n) is 3.16. The van der Waals surface area contributed by atoms with Crippen LogP contribution in [0.1, 0.15) is 25.0 Å². The minimum atomic E-state index is 0.503. The molecule has 2 aromatic carbocycles. The van der Waals surface area contributed by atoms with Crippen LogP contribution in [0.4, 0.5) is 5.82 Å². The van der Waals surface area contributed by atoms with Gasteiger partial charge in [-0.1, -0.05) is 36.4 Å². The lowest BCUT2D eigenvalue weighted by Gasteiger charge is -2.22. The van der Waals surface area contributed by atoms with Gasteiger partial charge in [-0.2, -0.15) is 0 Å². The molecule has 0 spiro atoms. The number of hydrogen-bond donors (Lipinski definition) is 1. The van der Waals surface area contributed by atoms with E-state index in [2.05, 4.69) is 65.3 Å². The van der Waals surface area contributed by atoms with Gasteiger partial charge in [0.25, 0.3) is 0 Å². The molecule has 0 saturated carbocycles. The predicted molar refractivity (Wildman–Crippen MR) is 110 cm³/mol. The number of nitrogens with zero attached hydrogens (tertiary/aromatic N) is 3. The van der Waals surface area contributed by atoms with E-state index in [1.807, 2.05) is 24.3 Å². The Hall–Kier alpha value is -2.92. The van der Waals surface area contributed by atoms with Gasteiger partial charge in [-0.3, -0.25) is 4.90 Å². The number of benzene rings is 2. The van der Waals surface area contributed by atoms with Gasteiger partial charge >= 0.3 is 0 Å². The molecule has 4 aromatic rings. The lowest BCUT2D eigenvalue weighted by molar-refractivity contribution is 0.265. The Kier molecular flexibility index (Phi) is 4.77. The van der Waals surface area contributed by atoms with Crippen LogP contribution in [0.5, 0.6) is 0 Å². The Morgan fingerprint density at radius 1 is 1.00 bits per heavy atom. The number of rotatable bonds is 6. The first-order chi connectivity index (χ1) is 13.1. The van der Waals surface area contributed by atoms with Crippen molar-refractivity contribution in [2.45, 2.75) is 33.0 Å². The summed E-state index contributed by atoms with van der Waals surface area (Å²) in [5.41, 5.74) is 4.95. The summed E-state index contributed by atoms with van der Waals surface area (Å²) in [6, 6.07) is 17.0. The van der Waals surface area contributed by atoms with Gasteiger partial charge in [0.1, 0.15) is 17.4 Å². The van der Waals surface area contributed by atoms with Crippen LogP contribution >= 0.6 is 0 Å². The molecule has 0 unspecified atom stereocenters. The average Bonchev–Trinajstić information content (AvgIpc) is 3.06. The number of para-hydroxylation sites is 1. The minimum Gasteiger partial charge on any atom is -0.450 e. The highest BCUT2D eigenvalue weighted by Crippen LogP contribution is 2.30. The minimum absolute atomic E-state index is 0.503. The van der Waals surface area contributed by atoms with Crippen molar-refractivity contribution in [3.05, 3.63) is 66.0 Å².